The Bertz CT molecular complexity index is 1100. The van der Waals surface area contributed by atoms with Crippen LogP contribution >= 0.6 is 0 Å². The van der Waals surface area contributed by atoms with Crippen LogP contribution in [0.5, 0.6) is 0 Å². The number of hydrogen-bond donors (Lipinski definition) is 4. The fraction of sp³-hybridized carbons (Fsp3) is 0.914. The average Bonchev–Trinajstić information content (AvgIpc) is 3.45. The van der Waals surface area contributed by atoms with Crippen molar-refractivity contribution in [2.24, 2.45) is 56.7 Å². The molecule has 4 N–H and O–H groups in total. The molecule has 6 aliphatic rings. The van der Waals surface area contributed by atoms with Crippen molar-refractivity contribution in [3.63, 3.8) is 0 Å². The number of allylic oxidation sites excluding steroid dienone is 1. The lowest BCUT2D eigenvalue weighted by Gasteiger charge is -2.72. The van der Waals surface area contributed by atoms with E-state index in [1.54, 1.807) is 0 Å². The Balaban J connectivity index is 1.28. The highest BCUT2D eigenvalue weighted by Crippen LogP contribution is 2.77. The van der Waals surface area contributed by atoms with Crippen LogP contribution in [0.2, 0.25) is 0 Å². The Hall–Kier alpha value is -0.990. The Morgan fingerprint density at radius 1 is 0.881 bits per heavy atom. The van der Waals surface area contributed by atoms with Crippen LogP contribution < -0.4 is 0 Å². The van der Waals surface area contributed by atoms with Gasteiger partial charge in [-0.1, -0.05) is 46.8 Å². The first-order valence-corrected chi connectivity index (χ1v) is 16.8. The average molecular weight is 589 g/mol. The SMILES string of the molecule is C=C(C)[C@@H]1CC[C@]2(C(=O)O)CC[C@]3(C)[C@H](CC[C@@H]4[C@@]5(C)CC[C@H](O[C@@H]6O[C@@H](CO)[C@H](O)[C@H]6O)C(C)(C)[C@@H]5CC[C@]43C)[C@@H]12. The maximum Gasteiger partial charge on any atom is 0.309 e. The van der Waals surface area contributed by atoms with Crippen LogP contribution in [0, 0.1) is 56.7 Å². The van der Waals surface area contributed by atoms with E-state index in [1.807, 2.05) is 0 Å². The normalized spacial score (nSPS) is 54.8. The summed E-state index contributed by atoms with van der Waals surface area (Å²) < 4.78 is 12.2. The third-order valence-corrected chi connectivity index (χ3v) is 15.2. The molecule has 0 aromatic heterocycles. The van der Waals surface area contributed by atoms with Crippen LogP contribution in [0.3, 0.4) is 0 Å². The monoisotopic (exact) mass is 588 g/mol. The lowest BCUT2D eigenvalue weighted by atomic mass is 9.32. The molecule has 1 aliphatic heterocycles. The quantitative estimate of drug-likeness (QED) is 0.311. The molecule has 0 spiro atoms. The van der Waals surface area contributed by atoms with Crippen molar-refractivity contribution in [1.82, 2.24) is 0 Å². The van der Waals surface area contributed by atoms with Gasteiger partial charge in [0.05, 0.1) is 18.1 Å². The Morgan fingerprint density at radius 3 is 2.21 bits per heavy atom. The number of aliphatic carboxylic acids is 1. The van der Waals surface area contributed by atoms with Gasteiger partial charge in [0.1, 0.15) is 18.3 Å². The van der Waals surface area contributed by atoms with Gasteiger partial charge in [0.25, 0.3) is 0 Å². The van der Waals surface area contributed by atoms with Gasteiger partial charge in [0, 0.05) is 0 Å². The minimum absolute atomic E-state index is 0.0975. The van der Waals surface area contributed by atoms with Crippen molar-refractivity contribution >= 4 is 5.97 Å². The maximum absolute atomic E-state index is 12.9. The van der Waals surface area contributed by atoms with E-state index in [-0.39, 0.29) is 40.3 Å². The molecule has 7 heteroatoms. The number of fused-ring (bicyclic) bond motifs is 7. The molecule has 0 aromatic carbocycles. The maximum atomic E-state index is 12.9. The summed E-state index contributed by atoms with van der Waals surface area (Å²) in [4.78, 5) is 12.9. The smallest absolute Gasteiger partial charge is 0.309 e. The molecule has 7 nitrogen and oxygen atoms in total. The first-order chi connectivity index (χ1) is 19.6. The fourth-order valence-electron chi connectivity index (χ4n) is 12.9. The highest BCUT2D eigenvalue weighted by molar-refractivity contribution is 5.76. The molecule has 0 amide bonds. The molecule has 0 aromatic rings. The number of aliphatic hydroxyl groups is 3. The largest absolute Gasteiger partial charge is 0.481 e. The predicted octanol–water partition coefficient (Wildman–Crippen LogP) is 5.55. The first kappa shape index (κ1) is 31.0. The number of carboxylic acids is 1. The lowest BCUT2D eigenvalue weighted by molar-refractivity contribution is -0.274. The summed E-state index contributed by atoms with van der Waals surface area (Å²) >= 11 is 0. The number of hydrogen-bond acceptors (Lipinski definition) is 6. The van der Waals surface area contributed by atoms with Crippen molar-refractivity contribution in [3.8, 4) is 0 Å². The molecule has 1 saturated heterocycles. The third-order valence-electron chi connectivity index (χ3n) is 15.2. The van der Waals surface area contributed by atoms with E-state index >= 15 is 0 Å². The van der Waals surface area contributed by atoms with Gasteiger partial charge in [-0.25, -0.2) is 0 Å². The van der Waals surface area contributed by atoms with Gasteiger partial charge in [-0.3, -0.25) is 4.79 Å². The van der Waals surface area contributed by atoms with E-state index in [1.165, 1.54) is 5.57 Å². The summed E-state index contributed by atoms with van der Waals surface area (Å²) in [5.41, 5.74) is 0.799. The number of aliphatic hydroxyl groups excluding tert-OH is 3. The van der Waals surface area contributed by atoms with E-state index in [4.69, 9.17) is 9.47 Å². The van der Waals surface area contributed by atoms with Gasteiger partial charge in [-0.2, -0.15) is 0 Å². The van der Waals surface area contributed by atoms with Crippen LogP contribution in [0.1, 0.15) is 106 Å². The minimum atomic E-state index is -1.17. The summed E-state index contributed by atoms with van der Waals surface area (Å²) in [7, 11) is 0. The standard InChI is InChI=1S/C35H56O7/c1-19(2)20-10-15-35(30(39)40)17-16-33(6)21(26(20)35)8-9-24-32(5)13-12-25(31(3,4)23(32)11-14-34(24,33)7)42-29-28(38)27(37)22(18-36)41-29/h20-29,36-38H,1,8-18H2,2-7H3,(H,39,40)/t20-,21+,22-,23-,24+,25-,26+,27-,28+,29-,32-,33+,34+,35-/m0/s1. The van der Waals surface area contributed by atoms with Gasteiger partial charge < -0.3 is 29.9 Å². The van der Waals surface area contributed by atoms with E-state index in [9.17, 15) is 25.2 Å². The molecule has 6 fully saturated rings. The van der Waals surface area contributed by atoms with Crippen LogP contribution in [0.15, 0.2) is 12.2 Å². The first-order valence-electron chi connectivity index (χ1n) is 16.8. The molecule has 1 heterocycles. The molecule has 42 heavy (non-hydrogen) atoms. The van der Waals surface area contributed by atoms with Crippen LogP contribution in [0.4, 0.5) is 0 Å². The molecule has 5 aliphatic carbocycles. The zero-order valence-electron chi connectivity index (χ0n) is 26.8. The molecule has 0 unspecified atom stereocenters. The molecular weight excluding hydrogens is 532 g/mol. The number of ether oxygens (including phenoxy) is 2. The van der Waals surface area contributed by atoms with Crippen molar-refractivity contribution in [3.05, 3.63) is 12.2 Å². The summed E-state index contributed by atoms with van der Waals surface area (Å²) in [5, 5.41) is 41.0. The number of carbonyl (C=O) groups is 1. The minimum Gasteiger partial charge on any atom is -0.481 e. The molecular formula is C35H56O7. The number of rotatable bonds is 5. The second-order valence-electron chi connectivity index (χ2n) is 16.8. The molecule has 0 radical (unpaired) electrons. The van der Waals surface area contributed by atoms with E-state index < -0.39 is 36.0 Å². The van der Waals surface area contributed by atoms with Crippen LogP contribution in [0.25, 0.3) is 0 Å². The topological polar surface area (TPSA) is 116 Å². The Morgan fingerprint density at radius 2 is 1.60 bits per heavy atom. The highest BCUT2D eigenvalue weighted by Gasteiger charge is 2.72. The number of carboxylic acid groups (broad SMARTS) is 1. The highest BCUT2D eigenvalue weighted by atomic mass is 16.7. The molecule has 238 valence electrons. The van der Waals surface area contributed by atoms with E-state index in [2.05, 4.69) is 48.1 Å². The summed E-state index contributed by atoms with van der Waals surface area (Å²) in [6.45, 7) is 18.4. The molecule has 14 atom stereocenters. The third kappa shape index (κ3) is 3.91. The van der Waals surface area contributed by atoms with Crippen molar-refractivity contribution in [1.29, 1.82) is 0 Å². The summed E-state index contributed by atoms with van der Waals surface area (Å²) in [6.07, 6.45) is 5.75. The lowest BCUT2D eigenvalue weighted by Crippen LogP contribution is -2.67. The van der Waals surface area contributed by atoms with Crippen LogP contribution in [-0.4, -0.2) is 63.7 Å². The zero-order valence-corrected chi connectivity index (χ0v) is 26.8. The van der Waals surface area contributed by atoms with Crippen molar-refractivity contribution in [2.45, 2.75) is 136 Å². The van der Waals surface area contributed by atoms with Gasteiger partial charge in [0.15, 0.2) is 6.29 Å². The molecule has 5 saturated carbocycles. The Kier molecular flexibility index (Phi) is 7.39. The van der Waals surface area contributed by atoms with E-state index in [0.29, 0.717) is 23.7 Å². The second kappa shape index (κ2) is 10.0. The fourth-order valence-corrected chi connectivity index (χ4v) is 12.9. The van der Waals surface area contributed by atoms with Crippen molar-refractivity contribution in [2.75, 3.05) is 6.61 Å². The molecule has 0 bridgehead atoms. The second-order valence-corrected chi connectivity index (χ2v) is 16.8. The van der Waals surface area contributed by atoms with Gasteiger partial charge >= 0.3 is 5.97 Å². The summed E-state index contributed by atoms with van der Waals surface area (Å²) in [6, 6.07) is 0. The zero-order chi connectivity index (χ0) is 30.6. The predicted molar refractivity (Wildman–Crippen MR) is 159 cm³/mol. The van der Waals surface area contributed by atoms with Gasteiger partial charge in [-0.15, -0.1) is 0 Å². The van der Waals surface area contributed by atoms with E-state index in [0.717, 1.165) is 64.2 Å². The molecule has 6 rings (SSSR count). The summed E-state index contributed by atoms with van der Waals surface area (Å²) in [5.74, 6) is 1.33. The van der Waals surface area contributed by atoms with Gasteiger partial charge in [-0.05, 0) is 122 Å². The Labute approximate surface area is 252 Å². The van der Waals surface area contributed by atoms with Crippen LogP contribution in [-0.2, 0) is 14.3 Å². The van der Waals surface area contributed by atoms with Crippen molar-refractivity contribution < 1.29 is 34.7 Å². The van der Waals surface area contributed by atoms with Gasteiger partial charge in [0.2, 0.25) is 0 Å².